The number of aromatic nitrogens is 2. The fourth-order valence-electron chi connectivity index (χ4n) is 3.26. The molecule has 0 fully saturated rings. The predicted octanol–water partition coefficient (Wildman–Crippen LogP) is 6.48. The number of benzene rings is 2. The second kappa shape index (κ2) is 8.15. The molecule has 0 saturated carbocycles. The summed E-state index contributed by atoms with van der Waals surface area (Å²) in [4.78, 5) is 4.90. The Hall–Kier alpha value is -2.35. The zero-order valence-corrected chi connectivity index (χ0v) is 15.6. The van der Waals surface area contributed by atoms with Crippen molar-refractivity contribution in [1.29, 1.82) is 0 Å². The zero-order chi connectivity index (χ0) is 17.6. The third kappa shape index (κ3) is 4.39. The lowest BCUT2D eigenvalue weighted by Crippen LogP contribution is -2.05. The zero-order valence-electron chi connectivity index (χ0n) is 15.6. The van der Waals surface area contributed by atoms with Crippen LogP contribution >= 0.6 is 0 Å². The van der Waals surface area contributed by atoms with Gasteiger partial charge in [-0.1, -0.05) is 61.0 Å². The number of aryl methyl sites for hydroxylation is 1. The molecule has 0 saturated heterocycles. The van der Waals surface area contributed by atoms with Gasteiger partial charge in [0, 0.05) is 12.1 Å². The molecular formula is C23H28N2. The molecule has 0 aliphatic heterocycles. The van der Waals surface area contributed by atoms with Crippen molar-refractivity contribution in [2.24, 2.45) is 5.92 Å². The van der Waals surface area contributed by atoms with Gasteiger partial charge >= 0.3 is 0 Å². The smallest absolute Gasteiger partial charge is 0.141 e. The Morgan fingerprint density at radius 3 is 2.48 bits per heavy atom. The predicted molar refractivity (Wildman–Crippen MR) is 108 cm³/mol. The largest absolute Gasteiger partial charge is 0.324 e. The molecule has 2 aromatic carbocycles. The fourth-order valence-corrected chi connectivity index (χ4v) is 3.26. The van der Waals surface area contributed by atoms with E-state index >= 15 is 0 Å². The summed E-state index contributed by atoms with van der Waals surface area (Å²) in [6.45, 7) is 7.73. The van der Waals surface area contributed by atoms with Gasteiger partial charge in [0.25, 0.3) is 0 Å². The Bertz CT molecular complexity index is 839. The summed E-state index contributed by atoms with van der Waals surface area (Å²) in [6.07, 6.45) is 5.95. The highest BCUT2D eigenvalue weighted by Crippen LogP contribution is 2.26. The van der Waals surface area contributed by atoms with Crippen molar-refractivity contribution < 1.29 is 0 Å². The van der Waals surface area contributed by atoms with Gasteiger partial charge in [-0.05, 0) is 51.2 Å². The van der Waals surface area contributed by atoms with E-state index < -0.39 is 0 Å². The molecule has 0 radical (unpaired) electrons. The van der Waals surface area contributed by atoms with Gasteiger partial charge in [-0.15, -0.1) is 0 Å². The summed E-state index contributed by atoms with van der Waals surface area (Å²) < 4.78 is 2.39. The summed E-state index contributed by atoms with van der Waals surface area (Å²) in [6, 6.07) is 19.0. The lowest BCUT2D eigenvalue weighted by molar-refractivity contribution is 0.460. The van der Waals surface area contributed by atoms with Gasteiger partial charge in [-0.3, -0.25) is 0 Å². The van der Waals surface area contributed by atoms with E-state index in [1.54, 1.807) is 0 Å². The third-order valence-electron chi connectivity index (χ3n) is 4.74. The van der Waals surface area contributed by atoms with Crippen molar-refractivity contribution in [1.82, 2.24) is 9.55 Å². The highest BCUT2D eigenvalue weighted by atomic mass is 15.1. The maximum Gasteiger partial charge on any atom is 0.141 e. The number of para-hydroxylation sites is 2. The number of allylic oxidation sites excluding steroid dienone is 2. The highest BCUT2D eigenvalue weighted by Gasteiger charge is 2.13. The lowest BCUT2D eigenvalue weighted by Gasteiger charge is -2.14. The van der Waals surface area contributed by atoms with Gasteiger partial charge < -0.3 is 4.57 Å². The second-order valence-corrected chi connectivity index (χ2v) is 7.19. The van der Waals surface area contributed by atoms with Crippen LogP contribution in [0.3, 0.4) is 0 Å². The Kier molecular flexibility index (Phi) is 5.70. The van der Waals surface area contributed by atoms with E-state index in [1.807, 2.05) is 0 Å². The monoisotopic (exact) mass is 332 g/mol. The minimum Gasteiger partial charge on any atom is -0.324 e. The van der Waals surface area contributed by atoms with Crippen molar-refractivity contribution in [2.75, 3.05) is 0 Å². The maximum absolute atomic E-state index is 4.90. The number of rotatable bonds is 7. The molecule has 1 aromatic heterocycles. The number of hydrogen-bond donors (Lipinski definition) is 0. The summed E-state index contributed by atoms with van der Waals surface area (Å²) in [5, 5.41) is 0. The first-order valence-corrected chi connectivity index (χ1v) is 9.29. The molecule has 3 aromatic rings. The minimum absolute atomic E-state index is 0.709. The molecule has 3 rings (SSSR count). The van der Waals surface area contributed by atoms with E-state index in [9.17, 15) is 0 Å². The van der Waals surface area contributed by atoms with Gasteiger partial charge in [-0.2, -0.15) is 0 Å². The van der Waals surface area contributed by atoms with Crippen LogP contribution in [-0.2, 0) is 6.54 Å². The first-order chi connectivity index (χ1) is 12.1. The molecule has 0 N–H and O–H groups in total. The Labute approximate surface area is 151 Å². The summed E-state index contributed by atoms with van der Waals surface area (Å²) in [7, 11) is 0. The molecule has 2 nitrogen and oxygen atoms in total. The topological polar surface area (TPSA) is 17.8 Å². The molecule has 130 valence electrons. The maximum atomic E-state index is 4.90. The molecular weight excluding hydrogens is 304 g/mol. The van der Waals surface area contributed by atoms with Crippen molar-refractivity contribution in [3.8, 4) is 11.4 Å². The Morgan fingerprint density at radius 1 is 1.00 bits per heavy atom. The van der Waals surface area contributed by atoms with Gasteiger partial charge in [0.2, 0.25) is 0 Å². The van der Waals surface area contributed by atoms with E-state index in [-0.39, 0.29) is 0 Å². The Balaban J connectivity index is 1.81. The first-order valence-electron chi connectivity index (χ1n) is 9.29. The minimum atomic E-state index is 0.709. The quantitative estimate of drug-likeness (QED) is 0.453. The molecule has 1 heterocycles. The second-order valence-electron chi connectivity index (χ2n) is 7.19. The molecule has 0 spiro atoms. The molecule has 1 unspecified atom stereocenters. The molecule has 25 heavy (non-hydrogen) atoms. The average molecular weight is 332 g/mol. The number of nitrogens with zero attached hydrogens (tertiary/aromatic N) is 2. The number of fused-ring (bicyclic) bond motifs is 1. The van der Waals surface area contributed by atoms with Crippen LogP contribution in [0.15, 0.2) is 66.2 Å². The molecule has 0 amide bonds. The Morgan fingerprint density at radius 2 is 1.72 bits per heavy atom. The van der Waals surface area contributed by atoms with Crippen molar-refractivity contribution in [2.45, 2.75) is 46.6 Å². The molecule has 0 bridgehead atoms. The van der Waals surface area contributed by atoms with E-state index in [0.29, 0.717) is 5.92 Å². The van der Waals surface area contributed by atoms with Crippen LogP contribution in [0, 0.1) is 5.92 Å². The van der Waals surface area contributed by atoms with Crippen molar-refractivity contribution in [3.63, 3.8) is 0 Å². The molecule has 1 atom stereocenters. The fraction of sp³-hybridized carbons (Fsp3) is 0.348. The van der Waals surface area contributed by atoms with Crippen LogP contribution in [-0.4, -0.2) is 9.55 Å². The SMILES string of the molecule is CC(C)=CCCC(C)CCn1c(-c2ccccc2)nc2ccccc21. The van der Waals surface area contributed by atoms with E-state index in [1.165, 1.54) is 35.9 Å². The molecule has 2 heteroatoms. The van der Waals surface area contributed by atoms with Crippen LogP contribution in [0.2, 0.25) is 0 Å². The van der Waals surface area contributed by atoms with E-state index in [2.05, 4.69) is 86.0 Å². The van der Waals surface area contributed by atoms with Crippen LogP contribution in [0.25, 0.3) is 22.4 Å². The third-order valence-corrected chi connectivity index (χ3v) is 4.74. The summed E-state index contributed by atoms with van der Waals surface area (Å²) in [5.41, 5.74) is 4.92. The van der Waals surface area contributed by atoms with Crippen LogP contribution in [0.1, 0.15) is 40.0 Å². The number of imidazole rings is 1. The van der Waals surface area contributed by atoms with Crippen molar-refractivity contribution in [3.05, 3.63) is 66.2 Å². The van der Waals surface area contributed by atoms with Crippen LogP contribution in [0.5, 0.6) is 0 Å². The van der Waals surface area contributed by atoms with Gasteiger partial charge in [-0.25, -0.2) is 4.98 Å². The van der Waals surface area contributed by atoms with Gasteiger partial charge in [0.15, 0.2) is 0 Å². The summed E-state index contributed by atoms with van der Waals surface area (Å²) in [5.74, 6) is 1.79. The van der Waals surface area contributed by atoms with E-state index in [4.69, 9.17) is 4.98 Å². The highest BCUT2D eigenvalue weighted by molar-refractivity contribution is 5.80. The standard InChI is InChI=1S/C23H28N2/c1-18(2)10-9-11-19(3)16-17-25-22-15-8-7-14-21(22)24-23(25)20-12-5-4-6-13-20/h4-8,10,12-15,19H,9,11,16-17H2,1-3H3. The molecule has 0 aliphatic carbocycles. The van der Waals surface area contributed by atoms with E-state index in [0.717, 1.165) is 17.9 Å². The number of hydrogen-bond acceptors (Lipinski definition) is 1. The normalized spacial score (nSPS) is 12.3. The lowest BCUT2D eigenvalue weighted by atomic mass is 10.0. The molecule has 0 aliphatic rings. The van der Waals surface area contributed by atoms with Gasteiger partial charge in [0.05, 0.1) is 11.0 Å². The van der Waals surface area contributed by atoms with Crippen LogP contribution in [0.4, 0.5) is 0 Å². The summed E-state index contributed by atoms with van der Waals surface area (Å²) >= 11 is 0. The van der Waals surface area contributed by atoms with Crippen molar-refractivity contribution >= 4 is 11.0 Å². The average Bonchev–Trinajstić information content (AvgIpc) is 2.99. The van der Waals surface area contributed by atoms with Crippen LogP contribution < -0.4 is 0 Å². The van der Waals surface area contributed by atoms with Gasteiger partial charge in [0.1, 0.15) is 5.82 Å². The first kappa shape index (κ1) is 17.5.